The molecule has 0 saturated carbocycles. The molecule has 0 aliphatic rings. The molecule has 1 amide bonds. The normalized spacial score (nSPS) is 9.36. The smallest absolute Gasteiger partial charge is 0.411 e. The summed E-state index contributed by atoms with van der Waals surface area (Å²) in [6.45, 7) is 0. The Bertz CT molecular complexity index is 341. The van der Waals surface area contributed by atoms with Crippen LogP contribution in [-0.2, 0) is 4.74 Å². The van der Waals surface area contributed by atoms with Crippen LogP contribution >= 0.6 is 0 Å². The molecule has 0 spiro atoms. The number of ether oxygens (including phenoxy) is 2. The van der Waals surface area contributed by atoms with Crippen molar-refractivity contribution in [2.45, 2.75) is 0 Å². The minimum atomic E-state index is -0.655. The second-order valence-corrected chi connectivity index (χ2v) is 2.50. The monoisotopic (exact) mass is 199 g/mol. The van der Waals surface area contributed by atoms with Crippen LogP contribution in [0.1, 0.15) is 0 Å². The summed E-state index contributed by atoms with van der Waals surface area (Å²) < 4.78 is 22.1. The molecule has 0 aliphatic heterocycles. The highest BCUT2D eigenvalue weighted by Crippen LogP contribution is 2.19. The van der Waals surface area contributed by atoms with Gasteiger partial charge in [-0.25, -0.2) is 9.18 Å². The van der Waals surface area contributed by atoms with E-state index >= 15 is 0 Å². The number of benzene rings is 1. The van der Waals surface area contributed by atoms with E-state index in [0.717, 1.165) is 0 Å². The minimum Gasteiger partial charge on any atom is -0.497 e. The zero-order valence-electron chi connectivity index (χ0n) is 7.83. The number of halogens is 1. The molecule has 4 nitrogen and oxygen atoms in total. The van der Waals surface area contributed by atoms with Crippen LogP contribution in [0.3, 0.4) is 0 Å². The highest BCUT2D eigenvalue weighted by Gasteiger charge is 2.04. The average Bonchev–Trinajstić information content (AvgIpc) is 2.16. The van der Waals surface area contributed by atoms with Crippen molar-refractivity contribution in [3.63, 3.8) is 0 Å². The number of hydrogen-bond acceptors (Lipinski definition) is 3. The molecule has 0 unspecified atom stereocenters. The maximum Gasteiger partial charge on any atom is 0.411 e. The number of hydrogen-bond donors (Lipinski definition) is 1. The van der Waals surface area contributed by atoms with E-state index < -0.39 is 11.9 Å². The first-order valence-electron chi connectivity index (χ1n) is 3.85. The van der Waals surface area contributed by atoms with Gasteiger partial charge in [0.15, 0.2) is 0 Å². The van der Waals surface area contributed by atoms with Crippen LogP contribution in [0.25, 0.3) is 0 Å². The maximum atomic E-state index is 12.9. The van der Waals surface area contributed by atoms with E-state index in [0.29, 0.717) is 5.75 Å². The van der Waals surface area contributed by atoms with Crippen LogP contribution in [0.2, 0.25) is 0 Å². The Morgan fingerprint density at radius 2 is 2.07 bits per heavy atom. The molecule has 0 atom stereocenters. The molecular formula is C9H10FNO3. The van der Waals surface area contributed by atoms with Crippen LogP contribution in [0.15, 0.2) is 18.2 Å². The molecule has 14 heavy (non-hydrogen) atoms. The van der Waals surface area contributed by atoms with E-state index in [9.17, 15) is 9.18 Å². The first-order chi connectivity index (χ1) is 6.65. The van der Waals surface area contributed by atoms with Crippen LogP contribution in [0, 0.1) is 5.82 Å². The van der Waals surface area contributed by atoms with Crippen molar-refractivity contribution >= 4 is 11.8 Å². The summed E-state index contributed by atoms with van der Waals surface area (Å²) in [5.74, 6) is -0.160. The molecule has 0 aliphatic carbocycles. The summed E-state index contributed by atoms with van der Waals surface area (Å²) in [6, 6.07) is 3.86. The van der Waals surface area contributed by atoms with Crippen molar-refractivity contribution in [3.05, 3.63) is 24.0 Å². The van der Waals surface area contributed by atoms with Gasteiger partial charge < -0.3 is 9.47 Å². The first kappa shape index (κ1) is 10.3. The fourth-order valence-corrected chi connectivity index (χ4v) is 0.922. The largest absolute Gasteiger partial charge is 0.497 e. The topological polar surface area (TPSA) is 47.6 Å². The van der Waals surface area contributed by atoms with Gasteiger partial charge in [-0.05, 0) is 6.07 Å². The Morgan fingerprint density at radius 1 is 1.36 bits per heavy atom. The molecule has 0 heterocycles. The highest BCUT2D eigenvalue weighted by atomic mass is 19.1. The summed E-state index contributed by atoms with van der Waals surface area (Å²) in [4.78, 5) is 10.8. The Morgan fingerprint density at radius 3 is 2.64 bits per heavy atom. The summed E-state index contributed by atoms with van der Waals surface area (Å²) >= 11 is 0. The summed E-state index contributed by atoms with van der Waals surface area (Å²) in [7, 11) is 2.64. The quantitative estimate of drug-likeness (QED) is 0.792. The zero-order valence-corrected chi connectivity index (χ0v) is 7.83. The third kappa shape index (κ3) is 2.62. The van der Waals surface area contributed by atoms with Gasteiger partial charge in [-0.15, -0.1) is 0 Å². The van der Waals surface area contributed by atoms with Crippen molar-refractivity contribution in [2.75, 3.05) is 19.5 Å². The van der Waals surface area contributed by atoms with Crippen molar-refractivity contribution in [1.82, 2.24) is 0 Å². The predicted octanol–water partition coefficient (Wildman–Crippen LogP) is 2.01. The van der Waals surface area contributed by atoms with Gasteiger partial charge in [0, 0.05) is 12.1 Å². The lowest BCUT2D eigenvalue weighted by Gasteiger charge is -2.05. The van der Waals surface area contributed by atoms with Gasteiger partial charge in [0.25, 0.3) is 0 Å². The van der Waals surface area contributed by atoms with Crippen LogP contribution in [-0.4, -0.2) is 20.3 Å². The van der Waals surface area contributed by atoms with Gasteiger partial charge in [0.1, 0.15) is 11.6 Å². The maximum absolute atomic E-state index is 12.9. The fraction of sp³-hybridized carbons (Fsp3) is 0.222. The number of anilines is 1. The summed E-state index contributed by atoms with van der Waals surface area (Å²) in [5, 5.41) is 2.33. The lowest BCUT2D eigenvalue weighted by molar-refractivity contribution is 0.187. The van der Waals surface area contributed by atoms with Gasteiger partial charge in [-0.1, -0.05) is 0 Å². The lowest BCUT2D eigenvalue weighted by atomic mass is 10.3. The minimum absolute atomic E-state index is 0.286. The summed E-state index contributed by atoms with van der Waals surface area (Å²) in [6.07, 6.45) is -0.655. The van der Waals surface area contributed by atoms with Gasteiger partial charge in [-0.2, -0.15) is 0 Å². The van der Waals surface area contributed by atoms with E-state index in [4.69, 9.17) is 4.74 Å². The van der Waals surface area contributed by atoms with Gasteiger partial charge >= 0.3 is 6.09 Å². The number of carbonyl (C=O) groups excluding carboxylic acids is 1. The van der Waals surface area contributed by atoms with E-state index in [-0.39, 0.29) is 5.69 Å². The van der Waals surface area contributed by atoms with E-state index in [1.54, 1.807) is 0 Å². The predicted molar refractivity (Wildman–Crippen MR) is 49.0 cm³/mol. The molecular weight excluding hydrogens is 189 g/mol. The van der Waals surface area contributed by atoms with E-state index in [1.807, 2.05) is 0 Å². The molecule has 0 aromatic heterocycles. The Balaban J connectivity index is 2.86. The molecule has 1 rings (SSSR count). The molecule has 0 fully saturated rings. The van der Waals surface area contributed by atoms with Crippen molar-refractivity contribution in [2.24, 2.45) is 0 Å². The average molecular weight is 199 g/mol. The first-order valence-corrected chi connectivity index (χ1v) is 3.85. The number of amides is 1. The fourth-order valence-electron chi connectivity index (χ4n) is 0.922. The number of methoxy groups -OCH3 is 2. The van der Waals surface area contributed by atoms with Gasteiger partial charge in [-0.3, -0.25) is 5.32 Å². The zero-order chi connectivity index (χ0) is 10.6. The van der Waals surface area contributed by atoms with E-state index in [2.05, 4.69) is 10.1 Å². The summed E-state index contributed by atoms with van der Waals surface area (Å²) in [5.41, 5.74) is 0.286. The molecule has 0 saturated heterocycles. The van der Waals surface area contributed by atoms with Crippen molar-refractivity contribution in [1.29, 1.82) is 0 Å². The van der Waals surface area contributed by atoms with Crippen LogP contribution < -0.4 is 10.1 Å². The second-order valence-electron chi connectivity index (χ2n) is 2.50. The Hall–Kier alpha value is -1.78. The van der Waals surface area contributed by atoms with Crippen LogP contribution in [0.5, 0.6) is 5.75 Å². The van der Waals surface area contributed by atoms with Crippen molar-refractivity contribution in [3.8, 4) is 5.75 Å². The number of rotatable bonds is 2. The Kier molecular flexibility index (Phi) is 3.28. The third-order valence-corrected chi connectivity index (χ3v) is 1.54. The number of nitrogens with one attached hydrogen (secondary N) is 1. The van der Waals surface area contributed by atoms with Crippen LogP contribution in [0.4, 0.5) is 14.9 Å². The lowest BCUT2D eigenvalue weighted by Crippen LogP contribution is -2.11. The molecule has 0 bridgehead atoms. The van der Waals surface area contributed by atoms with Gasteiger partial charge in [0.2, 0.25) is 0 Å². The van der Waals surface area contributed by atoms with Gasteiger partial charge in [0.05, 0.1) is 19.9 Å². The molecule has 76 valence electrons. The standard InChI is InChI=1S/C9H10FNO3/c1-13-8-4-6(10)3-7(5-8)11-9(12)14-2/h3-5H,1-2H3,(H,11,12). The molecule has 5 heteroatoms. The Labute approximate surface area is 80.6 Å². The molecule has 0 radical (unpaired) electrons. The molecule has 1 aromatic rings. The SMILES string of the molecule is COC(=O)Nc1cc(F)cc(OC)c1. The second kappa shape index (κ2) is 4.45. The molecule has 1 aromatic carbocycles. The van der Waals surface area contributed by atoms with Crippen molar-refractivity contribution < 1.29 is 18.7 Å². The molecule has 1 N–H and O–H groups in total. The number of carbonyl (C=O) groups is 1. The third-order valence-electron chi connectivity index (χ3n) is 1.54. The van der Waals surface area contributed by atoms with E-state index in [1.165, 1.54) is 32.4 Å². The highest BCUT2D eigenvalue weighted by molar-refractivity contribution is 5.84.